The zero-order valence-corrected chi connectivity index (χ0v) is 8.94. The van der Waals surface area contributed by atoms with Crippen molar-refractivity contribution in [2.75, 3.05) is 0 Å². The summed E-state index contributed by atoms with van der Waals surface area (Å²) in [5.74, 6) is -0.226. The standard InChI is InChI=1S/C14H14FN/c15-13-8-6-12(7-9-13)14(16)10-11-4-2-1-3-5-11/h1-9,14H,10,16H2/t14-/m1/s1. The van der Waals surface area contributed by atoms with Crippen molar-refractivity contribution in [3.8, 4) is 0 Å². The molecule has 1 nitrogen and oxygen atoms in total. The number of hydrogen-bond donors (Lipinski definition) is 1. The van der Waals surface area contributed by atoms with Crippen molar-refractivity contribution in [3.05, 3.63) is 71.5 Å². The molecular formula is C14H14FN. The maximum absolute atomic E-state index is 12.7. The van der Waals surface area contributed by atoms with E-state index in [1.165, 1.54) is 17.7 Å². The largest absolute Gasteiger partial charge is 0.324 e. The van der Waals surface area contributed by atoms with Crippen LogP contribution in [0.25, 0.3) is 0 Å². The average Bonchev–Trinajstić information content (AvgIpc) is 2.31. The van der Waals surface area contributed by atoms with E-state index in [0.717, 1.165) is 12.0 Å². The van der Waals surface area contributed by atoms with Crippen LogP contribution in [0.5, 0.6) is 0 Å². The summed E-state index contributed by atoms with van der Waals surface area (Å²) >= 11 is 0. The highest BCUT2D eigenvalue weighted by atomic mass is 19.1. The Hall–Kier alpha value is -1.67. The monoisotopic (exact) mass is 215 g/mol. The van der Waals surface area contributed by atoms with Crippen molar-refractivity contribution in [3.63, 3.8) is 0 Å². The van der Waals surface area contributed by atoms with E-state index in [-0.39, 0.29) is 11.9 Å². The molecule has 2 N–H and O–H groups in total. The molecule has 0 unspecified atom stereocenters. The molecule has 0 aliphatic carbocycles. The Labute approximate surface area is 94.7 Å². The second kappa shape index (κ2) is 4.90. The Morgan fingerprint density at radius 1 is 0.938 bits per heavy atom. The highest BCUT2D eigenvalue weighted by Gasteiger charge is 2.06. The minimum Gasteiger partial charge on any atom is -0.324 e. The summed E-state index contributed by atoms with van der Waals surface area (Å²) in [4.78, 5) is 0. The topological polar surface area (TPSA) is 26.0 Å². The van der Waals surface area contributed by atoms with Crippen LogP contribution < -0.4 is 5.73 Å². The fourth-order valence-corrected chi connectivity index (χ4v) is 1.70. The van der Waals surface area contributed by atoms with Crippen LogP contribution in [0.2, 0.25) is 0 Å². The molecule has 0 fully saturated rings. The molecule has 2 aromatic rings. The number of benzene rings is 2. The normalized spacial score (nSPS) is 12.4. The molecule has 0 aromatic heterocycles. The van der Waals surface area contributed by atoms with E-state index in [4.69, 9.17) is 5.73 Å². The van der Waals surface area contributed by atoms with Gasteiger partial charge in [-0.05, 0) is 29.7 Å². The molecule has 0 spiro atoms. The van der Waals surface area contributed by atoms with Gasteiger partial charge in [-0.2, -0.15) is 0 Å². The van der Waals surface area contributed by atoms with Gasteiger partial charge in [0, 0.05) is 6.04 Å². The Kier molecular flexibility index (Phi) is 3.32. The number of nitrogens with two attached hydrogens (primary N) is 1. The summed E-state index contributed by atoms with van der Waals surface area (Å²) in [6.45, 7) is 0. The van der Waals surface area contributed by atoms with Crippen molar-refractivity contribution < 1.29 is 4.39 Å². The molecule has 0 amide bonds. The molecule has 0 aliphatic heterocycles. The van der Waals surface area contributed by atoms with Gasteiger partial charge in [-0.15, -0.1) is 0 Å². The van der Waals surface area contributed by atoms with Gasteiger partial charge in [0.05, 0.1) is 0 Å². The lowest BCUT2D eigenvalue weighted by molar-refractivity contribution is 0.624. The summed E-state index contributed by atoms with van der Waals surface area (Å²) < 4.78 is 12.7. The molecule has 2 heteroatoms. The van der Waals surface area contributed by atoms with Crippen LogP contribution in [0.1, 0.15) is 17.2 Å². The quantitative estimate of drug-likeness (QED) is 0.836. The van der Waals surface area contributed by atoms with Crippen LogP contribution in [-0.2, 0) is 6.42 Å². The van der Waals surface area contributed by atoms with Gasteiger partial charge in [0.2, 0.25) is 0 Å². The summed E-state index contributed by atoms with van der Waals surface area (Å²) in [5, 5.41) is 0. The van der Waals surface area contributed by atoms with Crippen LogP contribution >= 0.6 is 0 Å². The maximum Gasteiger partial charge on any atom is 0.123 e. The van der Waals surface area contributed by atoms with E-state index in [9.17, 15) is 4.39 Å². The molecule has 0 saturated heterocycles. The number of halogens is 1. The van der Waals surface area contributed by atoms with Crippen molar-refractivity contribution >= 4 is 0 Å². The number of rotatable bonds is 3. The highest BCUT2D eigenvalue weighted by molar-refractivity contribution is 5.23. The van der Waals surface area contributed by atoms with Gasteiger partial charge in [0.15, 0.2) is 0 Å². The maximum atomic E-state index is 12.7. The van der Waals surface area contributed by atoms with Crippen molar-refractivity contribution in [2.24, 2.45) is 5.73 Å². The van der Waals surface area contributed by atoms with Gasteiger partial charge < -0.3 is 5.73 Å². The number of hydrogen-bond acceptors (Lipinski definition) is 1. The van der Waals surface area contributed by atoms with E-state index in [0.29, 0.717) is 0 Å². The van der Waals surface area contributed by atoms with Crippen LogP contribution in [0, 0.1) is 5.82 Å². The van der Waals surface area contributed by atoms with E-state index < -0.39 is 0 Å². The Morgan fingerprint density at radius 2 is 1.56 bits per heavy atom. The first-order valence-corrected chi connectivity index (χ1v) is 5.30. The summed E-state index contributed by atoms with van der Waals surface area (Å²) in [7, 11) is 0. The molecule has 1 atom stereocenters. The fraction of sp³-hybridized carbons (Fsp3) is 0.143. The van der Waals surface area contributed by atoms with Gasteiger partial charge in [-0.1, -0.05) is 42.5 Å². The van der Waals surface area contributed by atoms with Gasteiger partial charge in [0.25, 0.3) is 0 Å². The molecule has 0 radical (unpaired) electrons. The molecular weight excluding hydrogens is 201 g/mol. The highest BCUT2D eigenvalue weighted by Crippen LogP contribution is 2.16. The van der Waals surface area contributed by atoms with Crippen molar-refractivity contribution in [2.45, 2.75) is 12.5 Å². The lowest BCUT2D eigenvalue weighted by atomic mass is 10.00. The summed E-state index contributed by atoms with van der Waals surface area (Å²) in [6, 6.07) is 16.3. The van der Waals surface area contributed by atoms with Crippen LogP contribution in [-0.4, -0.2) is 0 Å². The van der Waals surface area contributed by atoms with Gasteiger partial charge in [0.1, 0.15) is 5.82 Å². The molecule has 0 saturated carbocycles. The van der Waals surface area contributed by atoms with E-state index in [2.05, 4.69) is 0 Å². The minimum absolute atomic E-state index is 0.0806. The first kappa shape index (κ1) is 10.8. The first-order valence-electron chi connectivity index (χ1n) is 5.30. The van der Waals surface area contributed by atoms with Crippen LogP contribution in [0.15, 0.2) is 54.6 Å². The zero-order valence-electron chi connectivity index (χ0n) is 8.94. The molecule has 0 heterocycles. The van der Waals surface area contributed by atoms with Crippen molar-refractivity contribution in [1.82, 2.24) is 0 Å². The molecule has 0 bridgehead atoms. The van der Waals surface area contributed by atoms with Crippen LogP contribution in [0.3, 0.4) is 0 Å². The van der Waals surface area contributed by atoms with Gasteiger partial charge >= 0.3 is 0 Å². The van der Waals surface area contributed by atoms with Gasteiger partial charge in [-0.25, -0.2) is 4.39 Å². The molecule has 82 valence electrons. The molecule has 0 aliphatic rings. The second-order valence-corrected chi connectivity index (χ2v) is 3.85. The third-order valence-electron chi connectivity index (χ3n) is 2.60. The molecule has 16 heavy (non-hydrogen) atoms. The summed E-state index contributed by atoms with van der Waals surface area (Å²) in [5.41, 5.74) is 8.21. The molecule has 2 rings (SSSR count). The lowest BCUT2D eigenvalue weighted by Gasteiger charge is -2.11. The predicted molar refractivity (Wildman–Crippen MR) is 63.5 cm³/mol. The Bertz CT molecular complexity index is 436. The summed E-state index contributed by atoms with van der Waals surface area (Å²) in [6.07, 6.45) is 0.770. The Morgan fingerprint density at radius 3 is 2.19 bits per heavy atom. The van der Waals surface area contributed by atoms with E-state index in [1.54, 1.807) is 12.1 Å². The van der Waals surface area contributed by atoms with Gasteiger partial charge in [-0.3, -0.25) is 0 Å². The Balaban J connectivity index is 2.09. The smallest absolute Gasteiger partial charge is 0.123 e. The van der Waals surface area contributed by atoms with E-state index >= 15 is 0 Å². The van der Waals surface area contributed by atoms with Crippen molar-refractivity contribution in [1.29, 1.82) is 0 Å². The second-order valence-electron chi connectivity index (χ2n) is 3.85. The fourth-order valence-electron chi connectivity index (χ4n) is 1.70. The lowest BCUT2D eigenvalue weighted by Crippen LogP contribution is -2.13. The predicted octanol–water partition coefficient (Wildman–Crippen LogP) is 3.07. The average molecular weight is 215 g/mol. The SMILES string of the molecule is N[C@H](Cc1ccccc1)c1ccc(F)cc1. The van der Waals surface area contributed by atoms with E-state index in [1.807, 2.05) is 30.3 Å². The molecule has 2 aromatic carbocycles. The third-order valence-corrected chi connectivity index (χ3v) is 2.60. The van der Waals surface area contributed by atoms with Crippen LogP contribution in [0.4, 0.5) is 4.39 Å². The minimum atomic E-state index is -0.226. The zero-order chi connectivity index (χ0) is 11.4. The first-order chi connectivity index (χ1) is 7.75. The third kappa shape index (κ3) is 2.67.